The van der Waals surface area contributed by atoms with Crippen LogP contribution in [0.5, 0.6) is 0 Å². The van der Waals surface area contributed by atoms with Crippen LogP contribution in [0.1, 0.15) is 18.1 Å². The van der Waals surface area contributed by atoms with E-state index in [0.29, 0.717) is 6.54 Å². The number of hydrogen-bond acceptors (Lipinski definition) is 3. The Morgan fingerprint density at radius 2 is 2.00 bits per heavy atom. The summed E-state index contributed by atoms with van der Waals surface area (Å²) >= 11 is 0. The van der Waals surface area contributed by atoms with E-state index in [9.17, 15) is 9.59 Å². The number of carboxylic acids is 1. The lowest BCUT2D eigenvalue weighted by atomic mass is 10.1. The summed E-state index contributed by atoms with van der Waals surface area (Å²) in [4.78, 5) is 22.2. The maximum absolute atomic E-state index is 11.5. The number of nitrogens with zero attached hydrogens (tertiary/aromatic N) is 2. The van der Waals surface area contributed by atoms with Crippen molar-refractivity contribution < 1.29 is 14.7 Å². The van der Waals surface area contributed by atoms with Crippen LogP contribution in [0.15, 0.2) is 42.7 Å². The molecule has 0 bridgehead atoms. The highest BCUT2D eigenvalue weighted by atomic mass is 16.4. The molecule has 2 aromatic rings. The Hall–Kier alpha value is -2.63. The third kappa shape index (κ3) is 4.17. The zero-order valence-electron chi connectivity index (χ0n) is 11.7. The van der Waals surface area contributed by atoms with Gasteiger partial charge in [-0.05, 0) is 12.5 Å². The summed E-state index contributed by atoms with van der Waals surface area (Å²) in [5.41, 5.74) is 1.97. The molecule has 0 aliphatic rings. The molecule has 0 fully saturated rings. The first kappa shape index (κ1) is 14.8. The van der Waals surface area contributed by atoms with E-state index < -0.39 is 17.8 Å². The minimum absolute atomic E-state index is 0.269. The van der Waals surface area contributed by atoms with Crippen molar-refractivity contribution in [3.63, 3.8) is 0 Å². The third-order valence-electron chi connectivity index (χ3n) is 3.10. The van der Waals surface area contributed by atoms with Crippen molar-refractivity contribution in [1.29, 1.82) is 0 Å². The summed E-state index contributed by atoms with van der Waals surface area (Å²) in [5.74, 6) is -2.69. The Labute approximate surface area is 122 Å². The normalized spacial score (nSPS) is 11.9. The van der Waals surface area contributed by atoms with E-state index in [2.05, 4.69) is 10.4 Å². The monoisotopic (exact) mass is 287 g/mol. The number of benzene rings is 1. The summed E-state index contributed by atoms with van der Waals surface area (Å²) in [7, 11) is 0. The molecule has 1 aromatic heterocycles. The van der Waals surface area contributed by atoms with Crippen LogP contribution in [0, 0.1) is 5.92 Å². The largest absolute Gasteiger partial charge is 0.481 e. The van der Waals surface area contributed by atoms with Crippen LogP contribution < -0.4 is 5.32 Å². The molecule has 0 aliphatic heterocycles. The molecule has 1 aromatic carbocycles. The lowest BCUT2D eigenvalue weighted by Crippen LogP contribution is -2.32. The summed E-state index contributed by atoms with van der Waals surface area (Å²) in [6.07, 6.45) is 3.49. The minimum Gasteiger partial charge on any atom is -0.481 e. The lowest BCUT2D eigenvalue weighted by molar-refractivity contribution is -0.146. The van der Waals surface area contributed by atoms with E-state index in [1.165, 1.54) is 6.92 Å². The second-order valence-electron chi connectivity index (χ2n) is 4.81. The number of hydrogen-bond donors (Lipinski definition) is 2. The molecule has 6 nitrogen and oxygen atoms in total. The lowest BCUT2D eigenvalue weighted by Gasteiger charge is -2.06. The average Bonchev–Trinajstić information content (AvgIpc) is 2.92. The van der Waals surface area contributed by atoms with Crippen molar-refractivity contribution in [2.24, 2.45) is 5.92 Å². The fraction of sp³-hybridized carbons (Fsp3) is 0.267. The number of carbonyl (C=O) groups is 2. The topological polar surface area (TPSA) is 84.2 Å². The van der Waals surface area contributed by atoms with E-state index in [0.717, 1.165) is 11.1 Å². The molecule has 1 atom stereocenters. The van der Waals surface area contributed by atoms with Gasteiger partial charge in [-0.2, -0.15) is 5.10 Å². The van der Waals surface area contributed by atoms with Crippen LogP contribution in [-0.4, -0.2) is 26.8 Å². The van der Waals surface area contributed by atoms with Crippen LogP contribution in [0.4, 0.5) is 0 Å². The average molecular weight is 287 g/mol. The first-order valence-corrected chi connectivity index (χ1v) is 6.62. The second kappa shape index (κ2) is 6.69. The van der Waals surface area contributed by atoms with Crippen molar-refractivity contribution in [1.82, 2.24) is 15.1 Å². The summed E-state index contributed by atoms with van der Waals surface area (Å²) in [6, 6.07) is 9.91. The fourth-order valence-electron chi connectivity index (χ4n) is 1.81. The number of aromatic nitrogens is 2. The number of nitrogens with one attached hydrogen (secondary N) is 1. The van der Waals surface area contributed by atoms with Gasteiger partial charge in [0.25, 0.3) is 0 Å². The van der Waals surface area contributed by atoms with Crippen molar-refractivity contribution in [3.05, 3.63) is 53.9 Å². The molecular weight excluding hydrogens is 270 g/mol. The van der Waals surface area contributed by atoms with Gasteiger partial charge < -0.3 is 10.4 Å². The van der Waals surface area contributed by atoms with E-state index in [1.807, 2.05) is 36.5 Å². The highest BCUT2D eigenvalue weighted by Gasteiger charge is 2.19. The molecule has 21 heavy (non-hydrogen) atoms. The Balaban J connectivity index is 1.89. The quantitative estimate of drug-likeness (QED) is 0.784. The van der Waals surface area contributed by atoms with Crippen LogP contribution in [-0.2, 0) is 22.7 Å². The molecule has 1 unspecified atom stereocenters. The standard InChI is InChI=1S/C15H17N3O3/c1-11(15(20)21)14(19)16-7-13-8-17-18(10-13)9-12-5-3-2-4-6-12/h2-6,8,10-11H,7,9H2,1H3,(H,16,19)(H,20,21). The number of amides is 1. The summed E-state index contributed by atoms with van der Waals surface area (Å²) in [6.45, 7) is 2.28. The first-order valence-electron chi connectivity index (χ1n) is 6.62. The van der Waals surface area contributed by atoms with Gasteiger partial charge in [0.2, 0.25) is 5.91 Å². The molecule has 6 heteroatoms. The van der Waals surface area contributed by atoms with Crippen molar-refractivity contribution in [3.8, 4) is 0 Å². The number of carbonyl (C=O) groups excluding carboxylic acids is 1. The van der Waals surface area contributed by atoms with Gasteiger partial charge in [0.15, 0.2) is 0 Å². The number of carboxylic acid groups (broad SMARTS) is 1. The molecule has 0 spiro atoms. The Morgan fingerprint density at radius 1 is 1.29 bits per heavy atom. The Kier molecular flexibility index (Phi) is 4.71. The summed E-state index contributed by atoms with van der Waals surface area (Å²) < 4.78 is 1.78. The van der Waals surface area contributed by atoms with Gasteiger partial charge in [0.1, 0.15) is 5.92 Å². The number of aliphatic carboxylic acids is 1. The van der Waals surface area contributed by atoms with Gasteiger partial charge in [-0.25, -0.2) is 0 Å². The van der Waals surface area contributed by atoms with E-state index in [-0.39, 0.29) is 6.54 Å². The predicted molar refractivity (Wildman–Crippen MR) is 76.4 cm³/mol. The third-order valence-corrected chi connectivity index (χ3v) is 3.10. The highest BCUT2D eigenvalue weighted by molar-refractivity contribution is 5.96. The number of rotatable bonds is 6. The SMILES string of the molecule is CC(C(=O)O)C(=O)NCc1cnn(Cc2ccccc2)c1. The highest BCUT2D eigenvalue weighted by Crippen LogP contribution is 2.04. The van der Waals surface area contributed by atoms with Crippen molar-refractivity contribution >= 4 is 11.9 Å². The van der Waals surface area contributed by atoms with Gasteiger partial charge in [-0.15, -0.1) is 0 Å². The Bertz CT molecular complexity index is 622. The maximum Gasteiger partial charge on any atom is 0.315 e. The molecule has 2 N–H and O–H groups in total. The van der Waals surface area contributed by atoms with Crippen LogP contribution in [0.25, 0.3) is 0 Å². The minimum atomic E-state index is -1.13. The van der Waals surface area contributed by atoms with Crippen LogP contribution in [0.3, 0.4) is 0 Å². The summed E-state index contributed by atoms with van der Waals surface area (Å²) in [5, 5.41) is 15.5. The van der Waals surface area contributed by atoms with E-state index >= 15 is 0 Å². The molecule has 110 valence electrons. The molecule has 0 saturated heterocycles. The van der Waals surface area contributed by atoms with Gasteiger partial charge in [-0.3, -0.25) is 14.3 Å². The van der Waals surface area contributed by atoms with Crippen molar-refractivity contribution in [2.45, 2.75) is 20.0 Å². The zero-order chi connectivity index (χ0) is 15.2. The van der Waals surface area contributed by atoms with E-state index in [1.54, 1.807) is 10.9 Å². The molecule has 1 heterocycles. The molecule has 1 amide bonds. The van der Waals surface area contributed by atoms with Crippen molar-refractivity contribution in [2.75, 3.05) is 0 Å². The second-order valence-corrected chi connectivity index (χ2v) is 4.81. The van der Waals surface area contributed by atoms with Crippen LogP contribution in [0.2, 0.25) is 0 Å². The van der Waals surface area contributed by atoms with Gasteiger partial charge >= 0.3 is 5.97 Å². The van der Waals surface area contributed by atoms with Gasteiger partial charge in [0, 0.05) is 18.3 Å². The first-order chi connectivity index (χ1) is 10.1. The van der Waals surface area contributed by atoms with Gasteiger partial charge in [0.05, 0.1) is 12.7 Å². The smallest absolute Gasteiger partial charge is 0.315 e. The molecule has 0 saturated carbocycles. The molecule has 2 rings (SSSR count). The molecular formula is C15H17N3O3. The maximum atomic E-state index is 11.5. The zero-order valence-corrected chi connectivity index (χ0v) is 11.7. The van der Waals surface area contributed by atoms with Crippen LogP contribution >= 0.6 is 0 Å². The Morgan fingerprint density at radius 3 is 2.67 bits per heavy atom. The predicted octanol–water partition coefficient (Wildman–Crippen LogP) is 1.27. The molecule has 0 radical (unpaired) electrons. The molecule has 0 aliphatic carbocycles. The van der Waals surface area contributed by atoms with E-state index in [4.69, 9.17) is 5.11 Å². The van der Waals surface area contributed by atoms with Gasteiger partial charge in [-0.1, -0.05) is 30.3 Å². The fourth-order valence-corrected chi connectivity index (χ4v) is 1.81.